The Morgan fingerprint density at radius 1 is 1.21 bits per heavy atom. The van der Waals surface area contributed by atoms with Crippen LogP contribution >= 0.6 is 0 Å². The van der Waals surface area contributed by atoms with Crippen molar-refractivity contribution in [3.8, 4) is 0 Å². The summed E-state index contributed by atoms with van der Waals surface area (Å²) in [5, 5.41) is 14.7. The molecule has 1 unspecified atom stereocenters. The molecule has 104 valence electrons. The first-order chi connectivity index (χ1) is 8.79. The van der Waals surface area contributed by atoms with Crippen LogP contribution in [0, 0.1) is 0 Å². The van der Waals surface area contributed by atoms with Crippen LogP contribution in [0.4, 0.5) is 0 Å². The van der Waals surface area contributed by atoms with E-state index < -0.39 is 12.0 Å². The summed E-state index contributed by atoms with van der Waals surface area (Å²) < 4.78 is 0. The third kappa shape index (κ3) is 5.52. The van der Waals surface area contributed by atoms with E-state index in [1.165, 1.54) is 0 Å². The van der Waals surface area contributed by atoms with E-state index in [4.69, 9.17) is 5.11 Å². The normalized spacial score (nSPS) is 12.8. The SMILES string of the molecule is CC(C)(C)NCC(=O)NC(C(=O)O)c1ccccc1. The van der Waals surface area contributed by atoms with Gasteiger partial charge in [0.2, 0.25) is 5.91 Å². The van der Waals surface area contributed by atoms with Crippen molar-refractivity contribution in [1.82, 2.24) is 10.6 Å². The monoisotopic (exact) mass is 264 g/mol. The molecule has 1 atom stereocenters. The van der Waals surface area contributed by atoms with Crippen LogP contribution in [-0.2, 0) is 9.59 Å². The lowest BCUT2D eigenvalue weighted by Crippen LogP contribution is -2.45. The maximum Gasteiger partial charge on any atom is 0.330 e. The van der Waals surface area contributed by atoms with Gasteiger partial charge in [-0.05, 0) is 26.3 Å². The number of carbonyl (C=O) groups is 2. The predicted molar refractivity (Wildman–Crippen MR) is 72.7 cm³/mol. The molecule has 0 heterocycles. The van der Waals surface area contributed by atoms with Crippen LogP contribution in [0.5, 0.6) is 0 Å². The summed E-state index contributed by atoms with van der Waals surface area (Å²) in [6, 6.07) is 7.61. The molecule has 0 aromatic heterocycles. The Kier molecular flexibility index (Phi) is 5.06. The van der Waals surface area contributed by atoms with E-state index in [1.54, 1.807) is 30.3 Å². The molecule has 1 aromatic rings. The first-order valence-corrected chi connectivity index (χ1v) is 6.12. The summed E-state index contributed by atoms with van der Waals surface area (Å²) in [6.45, 7) is 5.89. The van der Waals surface area contributed by atoms with E-state index in [9.17, 15) is 9.59 Å². The van der Waals surface area contributed by atoms with E-state index in [-0.39, 0.29) is 18.0 Å². The van der Waals surface area contributed by atoms with Crippen LogP contribution in [0.2, 0.25) is 0 Å². The number of carbonyl (C=O) groups excluding carboxylic acids is 1. The molecule has 3 N–H and O–H groups in total. The number of nitrogens with one attached hydrogen (secondary N) is 2. The third-order valence-corrected chi connectivity index (χ3v) is 2.46. The van der Waals surface area contributed by atoms with Gasteiger partial charge < -0.3 is 15.7 Å². The number of amides is 1. The van der Waals surface area contributed by atoms with Gasteiger partial charge in [0.1, 0.15) is 0 Å². The van der Waals surface area contributed by atoms with Gasteiger partial charge in [-0.3, -0.25) is 4.79 Å². The lowest BCUT2D eigenvalue weighted by atomic mass is 10.1. The Morgan fingerprint density at radius 3 is 2.26 bits per heavy atom. The predicted octanol–water partition coefficient (Wildman–Crippen LogP) is 1.32. The van der Waals surface area contributed by atoms with Crippen molar-refractivity contribution in [2.45, 2.75) is 32.4 Å². The molecule has 1 amide bonds. The van der Waals surface area contributed by atoms with Gasteiger partial charge >= 0.3 is 5.97 Å². The number of benzene rings is 1. The molecule has 0 aliphatic carbocycles. The molecule has 0 fully saturated rings. The smallest absolute Gasteiger partial charge is 0.330 e. The van der Waals surface area contributed by atoms with Gasteiger partial charge in [0.15, 0.2) is 6.04 Å². The fourth-order valence-electron chi connectivity index (χ4n) is 1.49. The van der Waals surface area contributed by atoms with E-state index >= 15 is 0 Å². The van der Waals surface area contributed by atoms with E-state index in [1.807, 2.05) is 20.8 Å². The van der Waals surface area contributed by atoms with Crippen LogP contribution in [0.25, 0.3) is 0 Å². The minimum absolute atomic E-state index is 0.0834. The quantitative estimate of drug-likeness (QED) is 0.749. The van der Waals surface area contributed by atoms with Crippen LogP contribution in [0.1, 0.15) is 32.4 Å². The van der Waals surface area contributed by atoms with E-state index in [0.717, 1.165) is 0 Å². The second-order valence-corrected chi connectivity index (χ2v) is 5.35. The first kappa shape index (κ1) is 15.2. The summed E-state index contributed by atoms with van der Waals surface area (Å²) in [5.74, 6) is -1.42. The van der Waals surface area contributed by atoms with Crippen molar-refractivity contribution in [3.63, 3.8) is 0 Å². The lowest BCUT2D eigenvalue weighted by Gasteiger charge is -2.21. The van der Waals surface area contributed by atoms with Gasteiger partial charge in [0.05, 0.1) is 6.54 Å². The Hall–Kier alpha value is -1.88. The maximum absolute atomic E-state index is 11.7. The third-order valence-electron chi connectivity index (χ3n) is 2.46. The Balaban J connectivity index is 2.65. The van der Waals surface area contributed by atoms with Crippen molar-refractivity contribution in [3.05, 3.63) is 35.9 Å². The van der Waals surface area contributed by atoms with E-state index in [2.05, 4.69) is 10.6 Å². The summed E-state index contributed by atoms with van der Waals surface area (Å²) in [4.78, 5) is 22.9. The van der Waals surface area contributed by atoms with Crippen molar-refractivity contribution >= 4 is 11.9 Å². The molecule has 0 spiro atoms. The number of rotatable bonds is 5. The van der Waals surface area contributed by atoms with Gasteiger partial charge in [-0.25, -0.2) is 4.79 Å². The molecule has 0 aliphatic heterocycles. The fraction of sp³-hybridized carbons (Fsp3) is 0.429. The van der Waals surface area contributed by atoms with Crippen LogP contribution in [0.15, 0.2) is 30.3 Å². The Bertz CT molecular complexity index is 438. The fourth-order valence-corrected chi connectivity index (χ4v) is 1.49. The molecule has 5 heteroatoms. The zero-order valence-corrected chi connectivity index (χ0v) is 11.4. The van der Waals surface area contributed by atoms with Gasteiger partial charge in [0, 0.05) is 5.54 Å². The van der Waals surface area contributed by atoms with Crippen LogP contribution in [-0.4, -0.2) is 29.1 Å². The topological polar surface area (TPSA) is 78.4 Å². The first-order valence-electron chi connectivity index (χ1n) is 6.12. The number of aliphatic carboxylic acids is 1. The van der Waals surface area contributed by atoms with Crippen LogP contribution < -0.4 is 10.6 Å². The lowest BCUT2D eigenvalue weighted by molar-refractivity contribution is -0.141. The highest BCUT2D eigenvalue weighted by Gasteiger charge is 2.22. The second kappa shape index (κ2) is 6.33. The highest BCUT2D eigenvalue weighted by molar-refractivity contribution is 5.85. The number of hydrogen-bond acceptors (Lipinski definition) is 3. The molecule has 0 aliphatic rings. The highest BCUT2D eigenvalue weighted by atomic mass is 16.4. The Labute approximate surface area is 113 Å². The molecule has 0 bridgehead atoms. The average molecular weight is 264 g/mol. The van der Waals surface area contributed by atoms with Gasteiger partial charge in [0.25, 0.3) is 0 Å². The molecule has 0 saturated carbocycles. The summed E-state index contributed by atoms with van der Waals surface area (Å²) in [5.41, 5.74) is 0.363. The van der Waals surface area contributed by atoms with Gasteiger partial charge in [-0.15, -0.1) is 0 Å². The number of hydrogen-bond donors (Lipinski definition) is 3. The summed E-state index contributed by atoms with van der Waals surface area (Å²) in [6.07, 6.45) is 0. The minimum Gasteiger partial charge on any atom is -0.479 e. The van der Waals surface area contributed by atoms with E-state index in [0.29, 0.717) is 5.56 Å². The molecule has 0 saturated heterocycles. The van der Waals surface area contributed by atoms with Crippen LogP contribution in [0.3, 0.4) is 0 Å². The van der Waals surface area contributed by atoms with Gasteiger partial charge in [-0.2, -0.15) is 0 Å². The van der Waals surface area contributed by atoms with Crippen molar-refractivity contribution in [2.75, 3.05) is 6.54 Å². The summed E-state index contributed by atoms with van der Waals surface area (Å²) >= 11 is 0. The molecule has 5 nitrogen and oxygen atoms in total. The molecule has 19 heavy (non-hydrogen) atoms. The molecular formula is C14H20N2O3. The number of carboxylic acids is 1. The van der Waals surface area contributed by atoms with Crippen molar-refractivity contribution in [1.29, 1.82) is 0 Å². The summed E-state index contributed by atoms with van der Waals surface area (Å²) in [7, 11) is 0. The second-order valence-electron chi connectivity index (χ2n) is 5.35. The zero-order chi connectivity index (χ0) is 14.5. The maximum atomic E-state index is 11.7. The standard InChI is InChI=1S/C14H20N2O3/c1-14(2,3)15-9-11(17)16-12(13(18)19)10-7-5-4-6-8-10/h4-8,12,15H,9H2,1-3H3,(H,16,17)(H,18,19). The largest absolute Gasteiger partial charge is 0.479 e. The zero-order valence-electron chi connectivity index (χ0n) is 11.4. The highest BCUT2D eigenvalue weighted by Crippen LogP contribution is 2.12. The average Bonchev–Trinajstić information content (AvgIpc) is 2.33. The molecular weight excluding hydrogens is 244 g/mol. The van der Waals surface area contributed by atoms with Crippen molar-refractivity contribution < 1.29 is 14.7 Å². The van der Waals surface area contributed by atoms with Gasteiger partial charge in [-0.1, -0.05) is 30.3 Å². The molecule has 1 aromatic carbocycles. The van der Waals surface area contributed by atoms with Crippen molar-refractivity contribution in [2.24, 2.45) is 0 Å². The molecule has 1 rings (SSSR count). The molecule has 0 radical (unpaired) electrons. The number of carboxylic acid groups (broad SMARTS) is 1. The minimum atomic E-state index is -1.07. The Morgan fingerprint density at radius 2 is 1.79 bits per heavy atom.